The van der Waals surface area contributed by atoms with E-state index in [9.17, 15) is 0 Å². The van der Waals surface area contributed by atoms with Gasteiger partial charge in [-0.1, -0.05) is 200 Å². The average molecular weight is 842 g/mol. The van der Waals surface area contributed by atoms with Crippen LogP contribution < -0.4 is 0 Å². The molecule has 8 aromatic carbocycles. The maximum atomic E-state index is 5.05. The maximum Gasteiger partial charge on any atom is 0.0702 e. The van der Waals surface area contributed by atoms with E-state index in [4.69, 9.17) is 15.0 Å². The molecule has 0 aliphatic rings. The number of rotatable bonds is 10. The van der Waals surface area contributed by atoms with Gasteiger partial charge in [0.1, 0.15) is 0 Å². The Morgan fingerprint density at radius 3 is 0.788 bits per heavy atom. The Bertz CT molecular complexity index is 3270. The molecule has 3 nitrogen and oxygen atoms in total. The van der Waals surface area contributed by atoms with Gasteiger partial charge in [0.15, 0.2) is 0 Å². The largest absolute Gasteiger partial charge is 0.256 e. The third-order valence-electron chi connectivity index (χ3n) is 12.3. The molecule has 3 heterocycles. The number of nitrogens with zero attached hydrogens (tertiary/aromatic N) is 3. The minimum atomic E-state index is 0.934. The van der Waals surface area contributed by atoms with Gasteiger partial charge >= 0.3 is 0 Å². The highest BCUT2D eigenvalue weighted by Gasteiger charge is 2.17. The Balaban J connectivity index is 1.03. The number of aromatic nitrogens is 3. The van der Waals surface area contributed by atoms with Crippen LogP contribution >= 0.6 is 0 Å². The fourth-order valence-electron chi connectivity index (χ4n) is 8.93. The van der Waals surface area contributed by atoms with Crippen LogP contribution in [0.5, 0.6) is 0 Å². The van der Waals surface area contributed by atoms with Crippen LogP contribution in [0.4, 0.5) is 0 Å². The highest BCUT2D eigenvalue weighted by atomic mass is 14.7. The molecule has 3 heteroatoms. The topological polar surface area (TPSA) is 38.7 Å². The molecule has 0 amide bonds. The van der Waals surface area contributed by atoms with Crippen LogP contribution in [0.3, 0.4) is 0 Å². The highest BCUT2D eigenvalue weighted by Crippen LogP contribution is 2.42. The lowest BCUT2D eigenvalue weighted by Crippen LogP contribution is -1.93. The standard InChI is InChI=1S/C63H43N3/c1-4-17-44(18-5-1)47-23-16-24-48(37-47)63-36-33-51(43-66-63)57-27-12-15-30-60(57)54-39-52(58-28-13-10-25-55(58)49-31-34-61(64-41-49)45-19-6-2-7-20-45)38-53(40-54)59-29-14-11-26-56(59)50-32-35-62(65-42-50)46-21-8-3-9-22-46/h1-43H. The highest BCUT2D eigenvalue weighted by molar-refractivity contribution is 5.94. The molecule has 0 saturated heterocycles. The van der Waals surface area contributed by atoms with Crippen molar-refractivity contribution in [1.82, 2.24) is 15.0 Å². The molecule has 0 radical (unpaired) electrons. The molecular formula is C63H43N3. The van der Waals surface area contributed by atoms with E-state index < -0.39 is 0 Å². The third kappa shape index (κ3) is 8.25. The first-order chi connectivity index (χ1) is 32.7. The van der Waals surface area contributed by atoms with E-state index in [1.165, 1.54) is 11.1 Å². The first-order valence-corrected chi connectivity index (χ1v) is 22.3. The van der Waals surface area contributed by atoms with E-state index in [-0.39, 0.29) is 0 Å². The Hall–Kier alpha value is -8.79. The van der Waals surface area contributed by atoms with Crippen LogP contribution in [0.15, 0.2) is 261 Å². The second-order valence-corrected chi connectivity index (χ2v) is 16.4. The molecular weight excluding hydrogens is 799 g/mol. The van der Waals surface area contributed by atoms with Crippen molar-refractivity contribution in [3.63, 3.8) is 0 Å². The van der Waals surface area contributed by atoms with E-state index in [1.54, 1.807) is 0 Å². The van der Waals surface area contributed by atoms with Crippen molar-refractivity contribution >= 4 is 0 Å². The molecule has 0 aliphatic heterocycles. The van der Waals surface area contributed by atoms with Crippen molar-refractivity contribution in [2.75, 3.05) is 0 Å². The van der Waals surface area contributed by atoms with Crippen molar-refractivity contribution in [2.24, 2.45) is 0 Å². The second kappa shape index (κ2) is 18.1. The summed E-state index contributed by atoms with van der Waals surface area (Å²) >= 11 is 0. The summed E-state index contributed by atoms with van der Waals surface area (Å²) in [6, 6.07) is 85.7. The zero-order chi connectivity index (χ0) is 44.1. The van der Waals surface area contributed by atoms with Gasteiger partial charge in [0.2, 0.25) is 0 Å². The fraction of sp³-hybridized carbons (Fsp3) is 0. The molecule has 0 atom stereocenters. The fourth-order valence-corrected chi connectivity index (χ4v) is 8.93. The smallest absolute Gasteiger partial charge is 0.0702 e. The summed E-state index contributed by atoms with van der Waals surface area (Å²) in [7, 11) is 0. The van der Waals surface area contributed by atoms with Crippen molar-refractivity contribution < 1.29 is 0 Å². The zero-order valence-electron chi connectivity index (χ0n) is 36.2. The molecule has 310 valence electrons. The predicted molar refractivity (Wildman–Crippen MR) is 274 cm³/mol. The third-order valence-corrected chi connectivity index (χ3v) is 12.3. The summed E-state index contributed by atoms with van der Waals surface area (Å²) in [5.74, 6) is 0. The van der Waals surface area contributed by atoms with E-state index in [1.807, 2.05) is 36.8 Å². The first kappa shape index (κ1) is 40.0. The molecule has 0 unspecified atom stereocenters. The van der Waals surface area contributed by atoms with Crippen molar-refractivity contribution in [1.29, 1.82) is 0 Å². The summed E-state index contributed by atoms with van der Waals surface area (Å²) in [5, 5.41) is 0. The number of hydrogen-bond acceptors (Lipinski definition) is 3. The van der Waals surface area contributed by atoms with Gasteiger partial charge < -0.3 is 0 Å². The molecule has 0 bridgehead atoms. The molecule has 0 spiro atoms. The van der Waals surface area contributed by atoms with Crippen LogP contribution in [0, 0.1) is 0 Å². The van der Waals surface area contributed by atoms with Gasteiger partial charge in [0, 0.05) is 52.0 Å². The SMILES string of the molecule is c1ccc(-c2cccc(-c3ccc(-c4ccccc4-c4cc(-c5ccccc5-c5ccc(-c6ccccc6)nc5)cc(-c5ccccc5-c5ccc(-c6ccccc6)nc5)c4)cn3)c2)cc1. The summed E-state index contributed by atoms with van der Waals surface area (Å²) < 4.78 is 0. The molecule has 3 aromatic heterocycles. The summed E-state index contributed by atoms with van der Waals surface area (Å²) in [4.78, 5) is 14.9. The molecule has 0 saturated carbocycles. The van der Waals surface area contributed by atoms with E-state index in [2.05, 4.69) is 224 Å². The van der Waals surface area contributed by atoms with Crippen molar-refractivity contribution in [3.05, 3.63) is 261 Å². The predicted octanol–water partition coefficient (Wildman–Crippen LogP) is 16.5. The van der Waals surface area contributed by atoms with E-state index in [0.717, 1.165) is 101 Å². The molecule has 66 heavy (non-hydrogen) atoms. The van der Waals surface area contributed by atoms with Crippen LogP contribution in [0.2, 0.25) is 0 Å². The zero-order valence-corrected chi connectivity index (χ0v) is 36.2. The Morgan fingerprint density at radius 1 is 0.167 bits per heavy atom. The lowest BCUT2D eigenvalue weighted by molar-refractivity contribution is 1.32. The monoisotopic (exact) mass is 841 g/mol. The first-order valence-electron chi connectivity index (χ1n) is 22.3. The average Bonchev–Trinajstić information content (AvgIpc) is 3.42. The van der Waals surface area contributed by atoms with Crippen LogP contribution in [0.1, 0.15) is 0 Å². The van der Waals surface area contributed by atoms with Gasteiger partial charge in [0.05, 0.1) is 17.1 Å². The molecule has 0 N–H and O–H groups in total. The van der Waals surface area contributed by atoms with Gasteiger partial charge in [0.25, 0.3) is 0 Å². The second-order valence-electron chi connectivity index (χ2n) is 16.4. The minimum Gasteiger partial charge on any atom is -0.256 e. The summed E-state index contributed by atoms with van der Waals surface area (Å²) in [5.41, 5.74) is 21.7. The molecule has 0 aliphatic carbocycles. The summed E-state index contributed by atoms with van der Waals surface area (Å²) in [6.45, 7) is 0. The molecule has 11 aromatic rings. The van der Waals surface area contributed by atoms with Gasteiger partial charge in [-0.3, -0.25) is 15.0 Å². The van der Waals surface area contributed by atoms with Crippen LogP contribution in [-0.4, -0.2) is 15.0 Å². The Labute approximate surface area is 386 Å². The quantitative estimate of drug-likeness (QED) is 0.138. The molecule has 0 fully saturated rings. The van der Waals surface area contributed by atoms with Gasteiger partial charge in [-0.2, -0.15) is 0 Å². The Kier molecular flexibility index (Phi) is 11.0. The van der Waals surface area contributed by atoms with Crippen molar-refractivity contribution in [3.8, 4) is 112 Å². The van der Waals surface area contributed by atoms with Crippen LogP contribution in [-0.2, 0) is 0 Å². The summed E-state index contributed by atoms with van der Waals surface area (Å²) in [6.07, 6.45) is 6.01. The van der Waals surface area contributed by atoms with E-state index in [0.29, 0.717) is 0 Å². The lowest BCUT2D eigenvalue weighted by atomic mass is 9.86. The number of hydrogen-bond donors (Lipinski definition) is 0. The van der Waals surface area contributed by atoms with Gasteiger partial charge in [-0.05, 0) is 104 Å². The number of pyridine rings is 3. The molecule has 11 rings (SSSR count). The van der Waals surface area contributed by atoms with Gasteiger partial charge in [-0.15, -0.1) is 0 Å². The number of benzene rings is 8. The van der Waals surface area contributed by atoms with Crippen LogP contribution in [0.25, 0.3) is 112 Å². The van der Waals surface area contributed by atoms with E-state index >= 15 is 0 Å². The normalized spacial score (nSPS) is 11.0. The lowest BCUT2D eigenvalue weighted by Gasteiger charge is -2.18. The maximum absolute atomic E-state index is 5.05. The van der Waals surface area contributed by atoms with Gasteiger partial charge in [-0.25, -0.2) is 0 Å². The minimum absolute atomic E-state index is 0.934. The Morgan fingerprint density at radius 2 is 0.439 bits per heavy atom. The van der Waals surface area contributed by atoms with Crippen molar-refractivity contribution in [2.45, 2.75) is 0 Å².